The van der Waals surface area contributed by atoms with Crippen LogP contribution in [-0.2, 0) is 6.54 Å². The fraction of sp³-hybridized carbons (Fsp3) is 0.471. The fourth-order valence-electron chi connectivity index (χ4n) is 2.83. The number of hydrogen-bond acceptors (Lipinski definition) is 7. The highest BCUT2D eigenvalue weighted by molar-refractivity contribution is 5.41. The average molecular weight is 328 g/mol. The highest BCUT2D eigenvalue weighted by Gasteiger charge is 2.22. The van der Waals surface area contributed by atoms with Gasteiger partial charge in [0.15, 0.2) is 0 Å². The van der Waals surface area contributed by atoms with Crippen LogP contribution in [0.25, 0.3) is 0 Å². The molecule has 0 bridgehead atoms. The van der Waals surface area contributed by atoms with E-state index in [1.54, 1.807) is 13.3 Å². The zero-order valence-corrected chi connectivity index (χ0v) is 14.4. The number of aromatic nitrogens is 3. The lowest BCUT2D eigenvalue weighted by Crippen LogP contribution is -2.26. The average Bonchev–Trinajstić information content (AvgIpc) is 3.02. The third kappa shape index (κ3) is 4.11. The number of nitrogens with one attached hydrogen (secondary N) is 1. The van der Waals surface area contributed by atoms with Crippen molar-refractivity contribution in [1.82, 2.24) is 19.9 Å². The summed E-state index contributed by atoms with van der Waals surface area (Å²) in [6, 6.07) is 6.30. The molecule has 3 rings (SSSR count). The third-order valence-corrected chi connectivity index (χ3v) is 4.08. The molecule has 1 aliphatic rings. The number of hydrogen-bond donors (Lipinski definition) is 1. The molecule has 0 aliphatic carbocycles. The molecule has 0 radical (unpaired) electrons. The second-order valence-electron chi connectivity index (χ2n) is 6.21. The Kier molecular flexibility index (Phi) is 5.10. The molecule has 0 spiro atoms. The van der Waals surface area contributed by atoms with E-state index in [0.29, 0.717) is 11.9 Å². The van der Waals surface area contributed by atoms with Gasteiger partial charge in [0.2, 0.25) is 11.8 Å². The van der Waals surface area contributed by atoms with Gasteiger partial charge in [0.05, 0.1) is 7.11 Å². The van der Waals surface area contributed by atoms with Crippen molar-refractivity contribution in [1.29, 1.82) is 0 Å². The fourth-order valence-corrected chi connectivity index (χ4v) is 2.83. The molecule has 7 nitrogen and oxygen atoms in total. The number of pyridine rings is 1. The van der Waals surface area contributed by atoms with Gasteiger partial charge in [-0.1, -0.05) is 6.07 Å². The molecule has 1 atom stereocenters. The first-order chi connectivity index (χ1) is 11.6. The van der Waals surface area contributed by atoms with Crippen molar-refractivity contribution in [3.63, 3.8) is 0 Å². The summed E-state index contributed by atoms with van der Waals surface area (Å²) in [7, 11) is 5.52. The molecular weight excluding hydrogens is 304 g/mol. The first-order valence-electron chi connectivity index (χ1n) is 8.12. The molecule has 1 unspecified atom stereocenters. The Balaban J connectivity index is 1.54. The molecule has 3 heterocycles. The highest BCUT2D eigenvalue weighted by atomic mass is 16.5. The summed E-state index contributed by atoms with van der Waals surface area (Å²) in [5.41, 5.74) is 1.20. The molecule has 0 saturated carbocycles. The number of nitrogens with zero attached hydrogens (tertiary/aromatic N) is 5. The van der Waals surface area contributed by atoms with Gasteiger partial charge in [-0.05, 0) is 18.1 Å². The van der Waals surface area contributed by atoms with Crippen LogP contribution in [0, 0.1) is 0 Å². The van der Waals surface area contributed by atoms with E-state index in [-0.39, 0.29) is 0 Å². The normalized spacial score (nSPS) is 17.7. The van der Waals surface area contributed by atoms with E-state index in [2.05, 4.69) is 31.2 Å². The van der Waals surface area contributed by atoms with Crippen LogP contribution in [0.1, 0.15) is 12.0 Å². The number of likely N-dealkylation sites (tertiary alicyclic amines) is 1. The van der Waals surface area contributed by atoms with Crippen LogP contribution in [0.3, 0.4) is 0 Å². The van der Waals surface area contributed by atoms with Gasteiger partial charge in [-0.15, -0.1) is 0 Å². The zero-order valence-electron chi connectivity index (χ0n) is 14.4. The number of ether oxygens (including phenoxy) is 1. The lowest BCUT2D eigenvalue weighted by atomic mass is 10.2. The molecule has 0 amide bonds. The van der Waals surface area contributed by atoms with E-state index in [1.807, 2.05) is 37.3 Å². The van der Waals surface area contributed by atoms with Crippen molar-refractivity contribution in [2.45, 2.75) is 19.0 Å². The topological polar surface area (TPSA) is 66.4 Å². The van der Waals surface area contributed by atoms with E-state index in [9.17, 15) is 0 Å². The van der Waals surface area contributed by atoms with Crippen LogP contribution in [0.5, 0.6) is 5.88 Å². The molecule has 1 fully saturated rings. The zero-order chi connectivity index (χ0) is 16.9. The molecule has 1 N–H and O–H groups in total. The smallest absolute Gasteiger partial charge is 0.226 e. The van der Waals surface area contributed by atoms with Gasteiger partial charge < -0.3 is 15.0 Å². The molecule has 1 aliphatic heterocycles. The summed E-state index contributed by atoms with van der Waals surface area (Å²) in [4.78, 5) is 17.4. The molecule has 128 valence electrons. The van der Waals surface area contributed by atoms with Crippen molar-refractivity contribution in [3.05, 3.63) is 36.2 Å². The van der Waals surface area contributed by atoms with Gasteiger partial charge in [-0.25, -0.2) is 9.97 Å². The molecule has 2 aromatic heterocycles. The van der Waals surface area contributed by atoms with Crippen molar-refractivity contribution in [2.75, 3.05) is 44.5 Å². The number of methoxy groups -OCH3 is 1. The summed E-state index contributed by atoms with van der Waals surface area (Å²) in [6.45, 7) is 2.96. The van der Waals surface area contributed by atoms with Gasteiger partial charge in [-0.2, -0.15) is 4.98 Å². The predicted octanol–water partition coefficient (Wildman–Crippen LogP) is 1.63. The molecule has 7 heteroatoms. The quantitative estimate of drug-likeness (QED) is 0.864. The van der Waals surface area contributed by atoms with Crippen molar-refractivity contribution in [3.8, 4) is 5.88 Å². The van der Waals surface area contributed by atoms with Gasteiger partial charge in [0, 0.05) is 58.2 Å². The Morgan fingerprint density at radius 1 is 1.29 bits per heavy atom. The van der Waals surface area contributed by atoms with Crippen LogP contribution < -0.4 is 15.0 Å². The van der Waals surface area contributed by atoms with Crippen molar-refractivity contribution < 1.29 is 4.74 Å². The minimum absolute atomic E-state index is 0.404. The maximum absolute atomic E-state index is 5.10. The third-order valence-electron chi connectivity index (χ3n) is 4.08. The lowest BCUT2D eigenvalue weighted by molar-refractivity contribution is 0.327. The Morgan fingerprint density at radius 2 is 2.17 bits per heavy atom. The minimum Gasteiger partial charge on any atom is -0.481 e. The SMILES string of the molecule is COc1ccc(CN2CCC(Nc3ccnc(N(C)C)n3)C2)cn1. The molecule has 2 aromatic rings. The van der Waals surface area contributed by atoms with E-state index < -0.39 is 0 Å². The molecular formula is C17H24N6O. The van der Waals surface area contributed by atoms with Crippen LogP contribution >= 0.6 is 0 Å². The minimum atomic E-state index is 0.404. The Morgan fingerprint density at radius 3 is 2.88 bits per heavy atom. The summed E-state index contributed by atoms with van der Waals surface area (Å²) >= 11 is 0. The standard InChI is InChI=1S/C17H24N6O/c1-22(2)17-18-8-6-15(21-17)20-14-7-9-23(12-14)11-13-4-5-16(24-3)19-10-13/h4-6,8,10,14H,7,9,11-12H2,1-3H3,(H,18,20,21). The first-order valence-corrected chi connectivity index (χ1v) is 8.12. The molecule has 24 heavy (non-hydrogen) atoms. The summed E-state index contributed by atoms with van der Waals surface area (Å²) in [5.74, 6) is 2.26. The van der Waals surface area contributed by atoms with Crippen LogP contribution in [0.15, 0.2) is 30.6 Å². The monoisotopic (exact) mass is 328 g/mol. The van der Waals surface area contributed by atoms with Gasteiger partial charge >= 0.3 is 0 Å². The lowest BCUT2D eigenvalue weighted by Gasteiger charge is -2.18. The Bertz CT molecular complexity index is 660. The largest absolute Gasteiger partial charge is 0.481 e. The van der Waals surface area contributed by atoms with Crippen LogP contribution in [0.4, 0.5) is 11.8 Å². The second-order valence-corrected chi connectivity index (χ2v) is 6.21. The van der Waals surface area contributed by atoms with E-state index in [4.69, 9.17) is 4.74 Å². The Labute approximate surface area is 142 Å². The van der Waals surface area contributed by atoms with E-state index >= 15 is 0 Å². The number of rotatable bonds is 6. The van der Waals surface area contributed by atoms with E-state index in [0.717, 1.165) is 37.8 Å². The van der Waals surface area contributed by atoms with Crippen molar-refractivity contribution in [2.24, 2.45) is 0 Å². The van der Waals surface area contributed by atoms with E-state index in [1.165, 1.54) is 5.56 Å². The Hall–Kier alpha value is -2.41. The van der Waals surface area contributed by atoms with Crippen LogP contribution in [0.2, 0.25) is 0 Å². The molecule has 0 aromatic carbocycles. The second kappa shape index (κ2) is 7.44. The van der Waals surface area contributed by atoms with Gasteiger partial charge in [0.25, 0.3) is 0 Å². The maximum Gasteiger partial charge on any atom is 0.226 e. The number of anilines is 2. The summed E-state index contributed by atoms with van der Waals surface area (Å²) in [6.07, 6.45) is 4.78. The highest BCUT2D eigenvalue weighted by Crippen LogP contribution is 2.18. The van der Waals surface area contributed by atoms with Crippen LogP contribution in [-0.4, -0.2) is 60.2 Å². The summed E-state index contributed by atoms with van der Waals surface area (Å²) < 4.78 is 5.10. The van der Waals surface area contributed by atoms with Gasteiger partial charge in [-0.3, -0.25) is 4.90 Å². The van der Waals surface area contributed by atoms with Gasteiger partial charge in [0.1, 0.15) is 5.82 Å². The summed E-state index contributed by atoms with van der Waals surface area (Å²) in [5, 5.41) is 3.52. The predicted molar refractivity (Wildman–Crippen MR) is 94.5 cm³/mol. The molecule has 1 saturated heterocycles. The van der Waals surface area contributed by atoms with Crippen molar-refractivity contribution >= 4 is 11.8 Å². The first kappa shape index (κ1) is 16.4. The maximum atomic E-state index is 5.10.